The number of hydrogen-bond acceptors (Lipinski definition) is 3. The van der Waals surface area contributed by atoms with Gasteiger partial charge in [0.05, 0.1) is 47.8 Å². The molecule has 2 aromatic heterocycles. The Balaban J connectivity index is 1.22. The van der Waals surface area contributed by atoms with E-state index in [0.29, 0.717) is 52.1 Å². The number of para-hydroxylation sites is 4. The molecule has 158 valence electrons. The van der Waals surface area contributed by atoms with Crippen molar-refractivity contribution in [2.75, 3.05) is 19.8 Å². The molecule has 2 bridgehead atoms. The number of aromatic nitrogens is 4. The molecule has 2 unspecified atom stereocenters. The number of fused-ring (bicyclic) bond motifs is 2. The topological polar surface area (TPSA) is 55.9 Å². The molecule has 2 aromatic carbocycles. The van der Waals surface area contributed by atoms with Gasteiger partial charge in [0.1, 0.15) is 13.1 Å². The highest BCUT2D eigenvalue weighted by molar-refractivity contribution is 6.37. The lowest BCUT2D eigenvalue weighted by Crippen LogP contribution is -2.79. The number of halogens is 2. The fourth-order valence-electron chi connectivity index (χ4n) is 5.14. The zero-order chi connectivity index (χ0) is 21.2. The van der Waals surface area contributed by atoms with Crippen molar-refractivity contribution in [3.8, 4) is 0 Å². The van der Waals surface area contributed by atoms with Gasteiger partial charge < -0.3 is 9.13 Å². The van der Waals surface area contributed by atoms with Gasteiger partial charge in [-0.15, -0.1) is 0 Å². The third kappa shape index (κ3) is 2.58. The second-order valence-corrected chi connectivity index (χ2v) is 9.15. The van der Waals surface area contributed by atoms with Crippen LogP contribution in [0.3, 0.4) is 0 Å². The maximum Gasteiger partial charge on any atom is 0.350 e. The van der Waals surface area contributed by atoms with Crippen LogP contribution < -0.4 is 0 Å². The predicted octanol–water partition coefficient (Wildman–Crippen LogP) is 3.58. The molecule has 5 heterocycles. The van der Waals surface area contributed by atoms with Crippen molar-refractivity contribution in [1.29, 1.82) is 0 Å². The van der Waals surface area contributed by atoms with Gasteiger partial charge in [0.15, 0.2) is 0 Å². The van der Waals surface area contributed by atoms with Crippen LogP contribution >= 0.6 is 23.2 Å². The zero-order valence-corrected chi connectivity index (χ0v) is 18.3. The van der Waals surface area contributed by atoms with Crippen LogP contribution in [0.5, 0.6) is 0 Å². The van der Waals surface area contributed by atoms with E-state index in [9.17, 15) is 5.11 Å². The molecule has 0 amide bonds. The van der Waals surface area contributed by atoms with Crippen molar-refractivity contribution >= 4 is 45.3 Å². The van der Waals surface area contributed by atoms with Gasteiger partial charge in [-0.05, 0) is 47.5 Å². The fraction of sp³-hybridized carbons (Fsp3) is 0.273. The average molecular weight is 457 g/mol. The van der Waals surface area contributed by atoms with Crippen LogP contribution in [0.2, 0.25) is 0 Å². The smallest absolute Gasteiger partial charge is 0.325 e. The lowest BCUT2D eigenvalue weighted by Gasteiger charge is -2.51. The minimum Gasteiger partial charge on any atom is -0.325 e. The quantitative estimate of drug-likeness (QED) is 0.356. The van der Waals surface area contributed by atoms with E-state index in [1.54, 1.807) is 0 Å². The predicted molar refractivity (Wildman–Crippen MR) is 119 cm³/mol. The first kappa shape index (κ1) is 19.3. The van der Waals surface area contributed by atoms with E-state index in [2.05, 4.69) is 31.2 Å². The minimum absolute atomic E-state index is 0.303. The Morgan fingerprint density at radius 2 is 1.26 bits per heavy atom. The lowest BCUT2D eigenvalue weighted by molar-refractivity contribution is -1.26. The average Bonchev–Trinajstić information content (AvgIpc) is 3.49. The zero-order valence-electron chi connectivity index (χ0n) is 16.8. The molecule has 3 aliphatic heterocycles. The summed E-state index contributed by atoms with van der Waals surface area (Å²) < 4.78 is 4.82. The summed E-state index contributed by atoms with van der Waals surface area (Å²) in [5, 5.41) is 12.4. The molecule has 0 spiro atoms. The monoisotopic (exact) mass is 456 g/mol. The molecule has 4 aromatic rings. The van der Waals surface area contributed by atoms with Gasteiger partial charge in [-0.2, -0.15) is 8.97 Å². The van der Waals surface area contributed by atoms with E-state index in [0.717, 1.165) is 22.1 Å². The van der Waals surface area contributed by atoms with Crippen molar-refractivity contribution in [2.24, 2.45) is 0 Å². The molecule has 0 saturated carbocycles. The van der Waals surface area contributed by atoms with E-state index in [1.807, 2.05) is 49.1 Å². The van der Waals surface area contributed by atoms with Crippen LogP contribution in [0.4, 0.5) is 0 Å². The van der Waals surface area contributed by atoms with Crippen LogP contribution in [-0.2, 0) is 13.1 Å². The maximum absolute atomic E-state index is 11.3. The summed E-state index contributed by atoms with van der Waals surface area (Å²) in [6.45, 7) is 3.38. The molecule has 3 aliphatic rings. The Labute approximate surface area is 189 Å². The van der Waals surface area contributed by atoms with Gasteiger partial charge in [0.25, 0.3) is 10.3 Å². The van der Waals surface area contributed by atoms with Crippen LogP contribution in [0, 0.1) is 0 Å². The molecule has 0 aliphatic carbocycles. The number of quaternary nitrogens is 2. The van der Waals surface area contributed by atoms with Crippen LogP contribution in [-0.4, -0.2) is 59.3 Å². The fourth-order valence-corrected chi connectivity index (χ4v) is 5.92. The molecular weight excluding hydrogens is 435 g/mol. The molecule has 7 nitrogen and oxygen atoms in total. The Kier molecular flexibility index (Phi) is 4.22. The molecule has 1 saturated heterocycles. The van der Waals surface area contributed by atoms with Crippen molar-refractivity contribution in [3.63, 3.8) is 0 Å². The maximum atomic E-state index is 11.3. The number of aliphatic hydroxyl groups is 1. The van der Waals surface area contributed by atoms with Gasteiger partial charge in [-0.25, -0.2) is 9.97 Å². The van der Waals surface area contributed by atoms with Crippen LogP contribution in [0.25, 0.3) is 22.1 Å². The first-order chi connectivity index (χ1) is 15.1. The standard InChI is InChI=1S/C22H22Cl2N6O/c23-20-21(24)30(12-10-28-14-26-17-6-2-4-8-19(17)28)15-29(20,22(30)31)11-9-27-13-25-16-5-1-3-7-18(16)27/h1-8,13-14,22,31H,9-12,15H2/q+2. The Bertz CT molecular complexity index is 1250. The molecule has 2 atom stereocenters. The van der Waals surface area contributed by atoms with Gasteiger partial charge in [0.2, 0.25) is 6.67 Å². The summed E-state index contributed by atoms with van der Waals surface area (Å²) in [5.74, 6) is 0. The van der Waals surface area contributed by atoms with Crippen molar-refractivity contribution in [1.82, 2.24) is 19.1 Å². The van der Waals surface area contributed by atoms with Crippen molar-refractivity contribution in [3.05, 3.63) is 71.5 Å². The van der Waals surface area contributed by atoms with Gasteiger partial charge in [0, 0.05) is 0 Å². The van der Waals surface area contributed by atoms with E-state index < -0.39 is 6.35 Å². The Morgan fingerprint density at radius 1 is 0.806 bits per heavy atom. The molecule has 0 radical (unpaired) electrons. The summed E-state index contributed by atoms with van der Waals surface area (Å²) in [4.78, 5) is 8.92. The number of nitrogens with zero attached hydrogens (tertiary/aromatic N) is 6. The number of hydrogen-bond donors (Lipinski definition) is 1. The third-order valence-electron chi connectivity index (χ3n) is 6.88. The highest BCUT2D eigenvalue weighted by Gasteiger charge is 2.77. The van der Waals surface area contributed by atoms with Crippen molar-refractivity contribution < 1.29 is 14.1 Å². The normalized spacial score (nSPS) is 27.4. The van der Waals surface area contributed by atoms with E-state index in [1.165, 1.54) is 0 Å². The summed E-state index contributed by atoms with van der Waals surface area (Å²) in [7, 11) is 0. The van der Waals surface area contributed by atoms with Gasteiger partial charge in [-0.1, -0.05) is 24.3 Å². The number of aliphatic hydroxyl groups excluding tert-OH is 1. The molecular formula is C22H22Cl2N6O+2. The van der Waals surface area contributed by atoms with E-state index in [4.69, 9.17) is 23.2 Å². The van der Waals surface area contributed by atoms with E-state index >= 15 is 0 Å². The Hall–Kier alpha value is -2.42. The number of benzene rings is 2. The first-order valence-electron chi connectivity index (χ1n) is 10.3. The van der Waals surface area contributed by atoms with Crippen LogP contribution in [0.1, 0.15) is 0 Å². The summed E-state index contributed by atoms with van der Waals surface area (Å²) >= 11 is 13.4. The number of rotatable bonds is 6. The highest BCUT2D eigenvalue weighted by atomic mass is 35.5. The van der Waals surface area contributed by atoms with Gasteiger partial charge >= 0.3 is 6.35 Å². The molecule has 31 heavy (non-hydrogen) atoms. The minimum atomic E-state index is -0.690. The SMILES string of the molecule is OC1[N+]2(CCn3cnc4ccccc43)C[N+]1(CCn1cnc3ccccc31)C(Cl)=C2Cl. The largest absolute Gasteiger partial charge is 0.350 e. The lowest BCUT2D eigenvalue weighted by atomic mass is 10.2. The molecule has 1 N–H and O–H groups in total. The van der Waals surface area contributed by atoms with Crippen molar-refractivity contribution in [2.45, 2.75) is 19.4 Å². The summed E-state index contributed by atoms with van der Waals surface area (Å²) in [5.41, 5.74) is 4.08. The Morgan fingerprint density at radius 3 is 1.71 bits per heavy atom. The van der Waals surface area contributed by atoms with E-state index in [-0.39, 0.29) is 0 Å². The summed E-state index contributed by atoms with van der Waals surface area (Å²) in [6.07, 6.45) is 3.00. The third-order valence-corrected chi connectivity index (χ3v) is 8.00. The number of imidazole rings is 2. The molecule has 9 heteroatoms. The molecule has 7 rings (SSSR count). The first-order valence-corrected chi connectivity index (χ1v) is 11.1. The second kappa shape index (κ2) is 6.79. The summed E-state index contributed by atoms with van der Waals surface area (Å²) in [6, 6.07) is 16.1. The van der Waals surface area contributed by atoms with Gasteiger partial charge in [-0.3, -0.25) is 5.11 Å². The molecule has 1 fully saturated rings. The van der Waals surface area contributed by atoms with Crippen LogP contribution in [0.15, 0.2) is 71.5 Å². The highest BCUT2D eigenvalue weighted by Crippen LogP contribution is 2.55. The second-order valence-electron chi connectivity index (χ2n) is 8.44.